The quantitative estimate of drug-likeness (QED) is 0.0721. The van der Waals surface area contributed by atoms with Crippen LogP contribution in [0.1, 0.15) is 104 Å². The molecule has 2 rings (SSSR count). The maximum absolute atomic E-state index is 8.74. The summed E-state index contributed by atoms with van der Waals surface area (Å²) in [7, 11) is -4.67. The summed E-state index contributed by atoms with van der Waals surface area (Å²) in [5, 5.41) is 0. The highest BCUT2D eigenvalue weighted by molar-refractivity contribution is 7.79. The summed E-state index contributed by atoms with van der Waals surface area (Å²) in [5.74, 6) is 1.77. The van der Waals surface area contributed by atoms with Gasteiger partial charge < -0.3 is 9.68 Å². The first-order valence-corrected chi connectivity index (χ1v) is 15.9. The number of nitrogens with one attached hydrogen (secondary N) is 2. The van der Waals surface area contributed by atoms with Gasteiger partial charge in [-0.3, -0.25) is 9.11 Å². The summed E-state index contributed by atoms with van der Waals surface area (Å²) in [6.07, 6.45) is 18.7. The molecule has 0 spiro atoms. The van der Waals surface area contributed by atoms with E-state index in [2.05, 4.69) is 24.8 Å². The Morgan fingerprint density at radius 1 is 0.538 bits per heavy atom. The fraction of sp³-hybridized carbons (Fsp3) is 0.600. The lowest BCUT2D eigenvalue weighted by atomic mass is 10.1. The van der Waals surface area contributed by atoms with Crippen molar-refractivity contribution in [3.63, 3.8) is 0 Å². The molecule has 2 aromatic rings. The molecule has 0 aromatic heterocycles. The summed E-state index contributed by atoms with van der Waals surface area (Å²) in [4.78, 5) is 10.8. The monoisotopic (exact) mass is 568 g/mol. The van der Waals surface area contributed by atoms with Crippen molar-refractivity contribution in [3.8, 4) is 11.5 Å². The fourth-order valence-corrected chi connectivity index (χ4v) is 3.55. The smallest absolute Gasteiger partial charge is 0.394 e. The Morgan fingerprint density at radius 3 is 1.13 bits per heavy atom. The van der Waals surface area contributed by atoms with Crippen LogP contribution < -0.4 is 20.6 Å². The zero-order valence-electron chi connectivity index (χ0n) is 24.0. The Morgan fingerprint density at radius 2 is 0.821 bits per heavy atom. The average Bonchev–Trinajstić information content (AvgIpc) is 2.92. The Kier molecular flexibility index (Phi) is 25.9. The average molecular weight is 569 g/mol. The van der Waals surface area contributed by atoms with Gasteiger partial charge in [0.1, 0.15) is 11.5 Å². The molecule has 8 nitrogen and oxygen atoms in total. The molecule has 0 radical (unpaired) electrons. The third-order valence-electron chi connectivity index (χ3n) is 5.63. The van der Waals surface area contributed by atoms with Crippen LogP contribution in [-0.2, 0) is 10.4 Å². The van der Waals surface area contributed by atoms with Crippen LogP contribution in [-0.4, -0.2) is 30.6 Å². The van der Waals surface area contributed by atoms with Crippen LogP contribution in [0.15, 0.2) is 60.7 Å². The van der Waals surface area contributed by atoms with E-state index >= 15 is 0 Å². The van der Waals surface area contributed by atoms with Gasteiger partial charge in [0.25, 0.3) is 0 Å². The SMILES string of the molecule is CCCCCCCCCNOc1ccccc1.CCCCCCCCCNOc1ccccc1.O=S(=O)(O)O. The van der Waals surface area contributed by atoms with Gasteiger partial charge >= 0.3 is 10.4 Å². The van der Waals surface area contributed by atoms with E-state index < -0.39 is 10.4 Å². The molecule has 0 amide bonds. The maximum atomic E-state index is 8.74. The van der Waals surface area contributed by atoms with Crippen molar-refractivity contribution in [2.75, 3.05) is 13.1 Å². The Balaban J connectivity index is 0.000000632. The van der Waals surface area contributed by atoms with Gasteiger partial charge in [-0.25, -0.2) is 0 Å². The van der Waals surface area contributed by atoms with E-state index in [1.807, 2.05) is 60.7 Å². The van der Waals surface area contributed by atoms with Gasteiger partial charge in [0.2, 0.25) is 0 Å². The molecule has 0 bridgehead atoms. The highest BCUT2D eigenvalue weighted by Gasteiger charge is 1.94. The van der Waals surface area contributed by atoms with Crippen molar-refractivity contribution < 1.29 is 27.2 Å². The molecule has 0 aliphatic carbocycles. The van der Waals surface area contributed by atoms with Crippen molar-refractivity contribution in [2.45, 2.75) is 104 Å². The fourth-order valence-electron chi connectivity index (χ4n) is 3.55. The molecule has 0 saturated heterocycles. The lowest BCUT2D eigenvalue weighted by molar-refractivity contribution is 0.193. The van der Waals surface area contributed by atoms with Crippen LogP contribution in [0.25, 0.3) is 0 Å². The van der Waals surface area contributed by atoms with Crippen molar-refractivity contribution in [2.24, 2.45) is 0 Å². The molecule has 39 heavy (non-hydrogen) atoms. The minimum Gasteiger partial charge on any atom is -0.409 e. The number of hydroxylamine groups is 2. The number of hydrogen-bond donors (Lipinski definition) is 4. The molecular weight excluding hydrogens is 516 g/mol. The van der Waals surface area contributed by atoms with Crippen molar-refractivity contribution in [1.82, 2.24) is 11.0 Å². The van der Waals surface area contributed by atoms with E-state index in [-0.39, 0.29) is 0 Å². The minimum absolute atomic E-state index is 0.885. The zero-order valence-corrected chi connectivity index (χ0v) is 24.8. The molecule has 0 unspecified atom stereocenters. The largest absolute Gasteiger partial charge is 0.409 e. The molecule has 4 N–H and O–H groups in total. The van der Waals surface area contributed by atoms with Crippen LogP contribution in [0, 0.1) is 0 Å². The summed E-state index contributed by atoms with van der Waals surface area (Å²) in [6, 6.07) is 19.7. The Hall–Kier alpha value is -2.17. The second kappa shape index (κ2) is 27.4. The predicted molar refractivity (Wildman–Crippen MR) is 160 cm³/mol. The van der Waals surface area contributed by atoms with Crippen LogP contribution in [0.3, 0.4) is 0 Å². The van der Waals surface area contributed by atoms with E-state index in [9.17, 15) is 0 Å². The van der Waals surface area contributed by atoms with Crippen LogP contribution in [0.5, 0.6) is 11.5 Å². The lowest BCUT2D eigenvalue weighted by Crippen LogP contribution is -2.19. The van der Waals surface area contributed by atoms with E-state index in [4.69, 9.17) is 27.2 Å². The van der Waals surface area contributed by atoms with E-state index in [0.717, 1.165) is 24.6 Å². The van der Waals surface area contributed by atoms with Gasteiger partial charge in [0.05, 0.1) is 0 Å². The highest BCUT2D eigenvalue weighted by Crippen LogP contribution is 2.09. The summed E-state index contributed by atoms with van der Waals surface area (Å²) < 4.78 is 31.6. The molecule has 2 aromatic carbocycles. The Bertz CT molecular complexity index is 789. The molecule has 0 saturated carbocycles. The van der Waals surface area contributed by atoms with Crippen LogP contribution >= 0.6 is 0 Å². The molecular formula is C30H52N2O6S. The third kappa shape index (κ3) is 31.9. The van der Waals surface area contributed by atoms with Gasteiger partial charge in [-0.05, 0) is 37.1 Å². The maximum Gasteiger partial charge on any atom is 0.394 e. The highest BCUT2D eigenvalue weighted by atomic mass is 32.3. The predicted octanol–water partition coefficient (Wildman–Crippen LogP) is 7.99. The van der Waals surface area contributed by atoms with Crippen LogP contribution in [0.4, 0.5) is 0 Å². The summed E-state index contributed by atoms with van der Waals surface area (Å²) >= 11 is 0. The van der Waals surface area contributed by atoms with Crippen molar-refractivity contribution in [3.05, 3.63) is 60.7 Å². The van der Waals surface area contributed by atoms with E-state index in [1.54, 1.807) is 0 Å². The second-order valence-corrected chi connectivity index (χ2v) is 10.2. The number of unbranched alkanes of at least 4 members (excludes halogenated alkanes) is 12. The van der Waals surface area contributed by atoms with Gasteiger partial charge in [0.15, 0.2) is 0 Å². The number of para-hydroxylation sites is 2. The topological polar surface area (TPSA) is 117 Å². The number of benzene rings is 2. The Labute approximate surface area is 237 Å². The van der Waals surface area contributed by atoms with Gasteiger partial charge in [-0.2, -0.15) is 19.4 Å². The van der Waals surface area contributed by atoms with E-state index in [0.29, 0.717) is 0 Å². The second-order valence-electron chi connectivity index (χ2n) is 9.31. The third-order valence-corrected chi connectivity index (χ3v) is 5.63. The number of hydrogen-bond acceptors (Lipinski definition) is 6. The first-order chi connectivity index (χ1) is 18.9. The van der Waals surface area contributed by atoms with Gasteiger partial charge in [-0.1, -0.05) is 127 Å². The first kappa shape index (κ1) is 36.8. The standard InChI is InChI=1S/2C15H25NO.H2O4S/c2*1-2-3-4-5-6-7-11-14-16-17-15-12-9-8-10-13-15;1-5(2,3)4/h2*8-10,12-13,16H,2-7,11,14H2,1H3;(H2,1,2,3,4). The van der Waals surface area contributed by atoms with Crippen LogP contribution in [0.2, 0.25) is 0 Å². The minimum atomic E-state index is -4.67. The molecule has 0 heterocycles. The lowest BCUT2D eigenvalue weighted by Gasteiger charge is -2.06. The summed E-state index contributed by atoms with van der Waals surface area (Å²) in [6.45, 7) is 6.38. The van der Waals surface area contributed by atoms with Gasteiger partial charge in [-0.15, -0.1) is 0 Å². The normalized spacial score (nSPS) is 10.6. The summed E-state index contributed by atoms with van der Waals surface area (Å²) in [5.41, 5.74) is 6.01. The van der Waals surface area contributed by atoms with Crippen molar-refractivity contribution >= 4 is 10.4 Å². The molecule has 224 valence electrons. The van der Waals surface area contributed by atoms with Gasteiger partial charge in [0, 0.05) is 13.1 Å². The molecule has 0 fully saturated rings. The molecule has 0 aliphatic heterocycles. The first-order valence-electron chi connectivity index (χ1n) is 14.5. The number of rotatable bonds is 20. The van der Waals surface area contributed by atoms with Crippen molar-refractivity contribution in [1.29, 1.82) is 0 Å². The molecule has 0 atom stereocenters. The molecule has 9 heteroatoms. The molecule has 0 aliphatic rings. The zero-order chi connectivity index (χ0) is 28.9. The van der Waals surface area contributed by atoms with E-state index in [1.165, 1.54) is 89.9 Å².